The van der Waals surface area contributed by atoms with Crippen LogP contribution >= 0.6 is 23.1 Å². The number of aromatic nitrogens is 1. The zero-order valence-corrected chi connectivity index (χ0v) is 56.9. The number of carbonyl (C=O) groups is 10. The van der Waals surface area contributed by atoms with E-state index in [-0.39, 0.29) is 140 Å². The number of anilines is 1. The molecule has 0 aliphatic carbocycles. The molecule has 0 saturated carbocycles. The normalized spacial score (nSPS) is 15.6. The van der Waals surface area contributed by atoms with Crippen LogP contribution in [0.5, 0.6) is 5.75 Å². The predicted molar refractivity (Wildman–Crippen MR) is 340 cm³/mol. The van der Waals surface area contributed by atoms with Crippen molar-refractivity contribution >= 4 is 93.7 Å². The van der Waals surface area contributed by atoms with Crippen molar-refractivity contribution in [3.63, 3.8) is 0 Å². The third-order valence-electron chi connectivity index (χ3n) is 16.1. The fourth-order valence-electron chi connectivity index (χ4n) is 9.84. The van der Waals surface area contributed by atoms with Crippen molar-refractivity contribution in [3.05, 3.63) is 39.8 Å². The minimum atomic E-state index is -0.880. The number of phenolic OH excluding ortho intramolecular Hbond substituents is 1. The number of hydrogen-bond acceptors (Lipinski definition) is 21. The summed E-state index contributed by atoms with van der Waals surface area (Å²) >= 11 is 2.53. The second-order valence-electron chi connectivity index (χ2n) is 23.8. The summed E-state index contributed by atoms with van der Waals surface area (Å²) in [5.74, 6) is -4.53. The Bertz CT molecular complexity index is 2710. The van der Waals surface area contributed by atoms with Crippen LogP contribution in [0.1, 0.15) is 173 Å². The van der Waals surface area contributed by atoms with Crippen LogP contribution in [0.15, 0.2) is 23.6 Å². The van der Waals surface area contributed by atoms with Crippen LogP contribution in [0, 0.1) is 23.7 Å². The standard InChI is InChI=1S/C63H99N7O15S2.CO2/c1-15-19-45(65-59(79)49-38-87-60(67-49)53(85-43(8)71)36-50(39(3)4)69(13)61(80)47(40(5)16-2)35-55(75)63(9,10)68(11)12)33-44-22-23-51(73)48(34-44)66-58(78)41(6)32-52(74)42(7)64-56(76)24-27-83-29-31-84-30-28-82-26-18-21-46(72)20-17-25-70-57(77)37-54(86-14)62(70)81;2-1-3/h22-23,34,38-42,45,47,50,53-54,73H,15-21,24-33,35-37H2,1-14H3,(H,64,76)(H,65,79)(H,66,78);/t40-,41+,42-,45+,47-,50+,53+,54?;/m0./s1. The van der Waals surface area contributed by atoms with Gasteiger partial charge in [-0.3, -0.25) is 57.7 Å². The number of rotatable bonds is 43. The molecule has 1 aliphatic rings. The second kappa shape index (κ2) is 41.3. The topological polar surface area (TPSA) is 321 Å². The Morgan fingerprint density at radius 3 is 2.08 bits per heavy atom. The molecule has 1 saturated heterocycles. The molecule has 3 rings (SSSR count). The summed E-state index contributed by atoms with van der Waals surface area (Å²) in [4.78, 5) is 156. The summed E-state index contributed by atoms with van der Waals surface area (Å²) < 4.78 is 22.4. The summed E-state index contributed by atoms with van der Waals surface area (Å²) in [5, 5.41) is 20.9. The van der Waals surface area contributed by atoms with Gasteiger partial charge in [-0.05, 0) is 96.3 Å². The second-order valence-corrected chi connectivity index (χ2v) is 25.8. The molecule has 4 N–H and O–H groups in total. The number of likely N-dealkylation sites (tertiary alicyclic amines) is 1. The number of ether oxygens (including phenoxy) is 4. The van der Waals surface area contributed by atoms with Gasteiger partial charge in [-0.1, -0.05) is 60.5 Å². The van der Waals surface area contributed by atoms with Crippen LogP contribution in [-0.2, 0) is 78.1 Å². The SMILES string of the molecule is CCC[C@H](Cc1ccc(O)c(NC(=O)[C@H](C)CC(=O)[C@H](C)NC(=O)CCOCCOCCOCCCC(=O)CCCN2C(=O)CC(SC)C2=O)c1)NC(=O)c1csc([C@@H](C[C@H](C(C)C)N(C)C(=O)[C@@H](CC(=O)C(C)(C)N(C)C)[C@@H](C)CC)OC(C)=O)n1.O=C=O. The number of benzene rings is 1. The number of Topliss-reactive ketones (excluding diaryl/α,β-unsaturated/α-hetero) is 3. The van der Waals surface area contributed by atoms with Gasteiger partial charge in [0.05, 0.1) is 55.6 Å². The van der Waals surface area contributed by atoms with E-state index in [0.29, 0.717) is 81.8 Å². The fourth-order valence-corrected chi connectivity index (χ4v) is 11.3. The lowest BCUT2D eigenvalue weighted by Gasteiger charge is -2.38. The molecule has 2 heterocycles. The van der Waals surface area contributed by atoms with Gasteiger partial charge in [0.2, 0.25) is 29.5 Å². The van der Waals surface area contributed by atoms with E-state index < -0.39 is 59.3 Å². The summed E-state index contributed by atoms with van der Waals surface area (Å²) in [5.41, 5.74) is 0.172. The molecular weight excluding hydrogens is 1200 g/mol. The van der Waals surface area contributed by atoms with Crippen molar-refractivity contribution < 1.29 is 81.6 Å². The maximum absolute atomic E-state index is 14.4. The number of imide groups is 1. The molecule has 8 atom stereocenters. The third kappa shape index (κ3) is 27.3. The maximum Gasteiger partial charge on any atom is 0.373 e. The number of esters is 1. The first-order valence-corrected chi connectivity index (χ1v) is 33.1. The number of nitrogens with one attached hydrogen (secondary N) is 3. The molecule has 0 radical (unpaired) electrons. The van der Waals surface area contributed by atoms with Crippen LogP contribution in [0.2, 0.25) is 0 Å². The van der Waals surface area contributed by atoms with Crippen molar-refractivity contribution in [2.24, 2.45) is 23.7 Å². The summed E-state index contributed by atoms with van der Waals surface area (Å²) in [6.45, 7) is 19.9. The first-order valence-electron chi connectivity index (χ1n) is 30.9. The van der Waals surface area contributed by atoms with E-state index in [1.54, 1.807) is 42.6 Å². The summed E-state index contributed by atoms with van der Waals surface area (Å²) in [6.07, 6.45) is 5.45. The molecule has 1 unspecified atom stereocenters. The van der Waals surface area contributed by atoms with Crippen LogP contribution in [-0.4, -0.2) is 192 Å². The highest BCUT2D eigenvalue weighted by Gasteiger charge is 2.40. The number of thioether (sulfide) groups is 1. The average molecular weight is 1300 g/mol. The van der Waals surface area contributed by atoms with Gasteiger partial charge < -0.3 is 44.9 Å². The first-order chi connectivity index (χ1) is 42.5. The maximum atomic E-state index is 14.4. The van der Waals surface area contributed by atoms with Crippen molar-refractivity contribution in [2.75, 3.05) is 78.9 Å². The predicted octanol–water partition coefficient (Wildman–Crippen LogP) is 6.94. The monoisotopic (exact) mass is 1300 g/mol. The minimum Gasteiger partial charge on any atom is -0.506 e. The van der Waals surface area contributed by atoms with E-state index >= 15 is 0 Å². The number of nitrogens with zero attached hydrogens (tertiary/aromatic N) is 4. The van der Waals surface area contributed by atoms with Crippen molar-refractivity contribution in [1.82, 2.24) is 30.3 Å². The van der Waals surface area contributed by atoms with Crippen molar-refractivity contribution in [1.29, 1.82) is 0 Å². The highest BCUT2D eigenvalue weighted by molar-refractivity contribution is 8.00. The minimum absolute atomic E-state index is 0.00400. The number of phenols is 1. The Morgan fingerprint density at radius 2 is 1.50 bits per heavy atom. The Hall–Kier alpha value is -6.28. The van der Waals surface area contributed by atoms with Gasteiger partial charge in [-0.2, -0.15) is 21.4 Å². The third-order valence-corrected chi connectivity index (χ3v) is 18.0. The van der Waals surface area contributed by atoms with Crippen molar-refractivity contribution in [3.8, 4) is 5.75 Å². The van der Waals surface area contributed by atoms with E-state index in [1.807, 2.05) is 67.5 Å². The molecule has 1 aliphatic heterocycles. The van der Waals surface area contributed by atoms with Gasteiger partial charge in [0.1, 0.15) is 22.2 Å². The van der Waals surface area contributed by atoms with Crippen LogP contribution in [0.4, 0.5) is 5.69 Å². The molecule has 24 nitrogen and oxygen atoms in total. The molecule has 1 fully saturated rings. The zero-order chi connectivity index (χ0) is 67.8. The Morgan fingerprint density at radius 1 is 0.878 bits per heavy atom. The Kier molecular flexibility index (Phi) is 36.6. The summed E-state index contributed by atoms with van der Waals surface area (Å²) in [6, 6.07) is 3.06. The summed E-state index contributed by atoms with van der Waals surface area (Å²) in [7, 11) is 5.41. The lowest BCUT2D eigenvalue weighted by molar-refractivity contribution is -0.192. The Labute approximate surface area is 539 Å². The molecule has 1 aromatic carbocycles. The number of thiazole rings is 1. The lowest BCUT2D eigenvalue weighted by Crippen LogP contribution is -2.50. The van der Waals surface area contributed by atoms with E-state index in [1.165, 1.54) is 47.9 Å². The van der Waals surface area contributed by atoms with Crippen molar-refractivity contribution in [2.45, 2.75) is 188 Å². The number of likely N-dealkylation sites (N-methyl/N-ethyl adjacent to an activating group) is 1. The molecule has 1 aromatic heterocycles. The van der Waals surface area contributed by atoms with Crippen LogP contribution in [0.3, 0.4) is 0 Å². The van der Waals surface area contributed by atoms with E-state index in [4.69, 9.17) is 28.5 Å². The van der Waals surface area contributed by atoms with Crippen LogP contribution in [0.25, 0.3) is 0 Å². The molecule has 0 spiro atoms. The molecule has 504 valence electrons. The number of ketones is 3. The highest BCUT2D eigenvalue weighted by atomic mass is 32.2. The fraction of sp³-hybridized carbons (Fsp3) is 0.688. The molecule has 2 aromatic rings. The van der Waals surface area contributed by atoms with Gasteiger partial charge in [0, 0.05) is 101 Å². The van der Waals surface area contributed by atoms with E-state index in [2.05, 4.69) is 20.9 Å². The quantitative estimate of drug-likeness (QED) is 0.0226. The smallest absolute Gasteiger partial charge is 0.373 e. The molecule has 26 heteroatoms. The Balaban J connectivity index is 0.00000901. The largest absolute Gasteiger partial charge is 0.506 e. The number of amides is 6. The number of carbonyl (C=O) groups excluding carboxylic acids is 12. The van der Waals surface area contributed by atoms with Gasteiger partial charge >= 0.3 is 12.1 Å². The van der Waals surface area contributed by atoms with E-state index in [9.17, 15) is 53.1 Å². The highest BCUT2D eigenvalue weighted by Crippen LogP contribution is 2.34. The molecule has 6 amide bonds. The number of hydrogen-bond donors (Lipinski definition) is 4. The molecule has 90 heavy (non-hydrogen) atoms. The van der Waals surface area contributed by atoms with Gasteiger partial charge in [-0.15, -0.1) is 11.3 Å². The van der Waals surface area contributed by atoms with Gasteiger partial charge in [0.15, 0.2) is 17.7 Å². The zero-order valence-electron chi connectivity index (χ0n) is 55.2. The molecule has 0 bridgehead atoms. The average Bonchev–Trinajstić information content (AvgIpc) is 2.21. The van der Waals surface area contributed by atoms with E-state index in [0.717, 1.165) is 0 Å². The number of aromatic hydroxyl groups is 1. The van der Waals surface area contributed by atoms with Gasteiger partial charge in [0.25, 0.3) is 5.91 Å². The molecular formula is C64H99N7O17S2. The van der Waals surface area contributed by atoms with Gasteiger partial charge in [-0.25, -0.2) is 4.98 Å². The first kappa shape index (κ1) is 79.8. The lowest BCUT2D eigenvalue weighted by atomic mass is 9.81. The van der Waals surface area contributed by atoms with Crippen LogP contribution < -0.4 is 16.0 Å².